The Labute approximate surface area is 83.6 Å². The first kappa shape index (κ1) is 11.6. The molecule has 1 heterocycles. The summed E-state index contributed by atoms with van der Waals surface area (Å²) in [6, 6.07) is 1.88. The van der Waals surface area contributed by atoms with Gasteiger partial charge in [0.05, 0.1) is 11.2 Å². The number of rotatable bonds is 1. The molecule has 3 nitrogen and oxygen atoms in total. The molecule has 1 fully saturated rings. The van der Waals surface area contributed by atoms with Crippen LogP contribution in [-0.2, 0) is 5.54 Å². The summed E-state index contributed by atoms with van der Waals surface area (Å²) in [5, 5.41) is 0. The van der Waals surface area contributed by atoms with Crippen molar-refractivity contribution in [2.45, 2.75) is 18.4 Å². The van der Waals surface area contributed by atoms with Crippen LogP contribution in [0.4, 0.5) is 0 Å². The van der Waals surface area contributed by atoms with Crippen LogP contribution in [0.25, 0.3) is 0 Å². The summed E-state index contributed by atoms with van der Waals surface area (Å²) < 4.78 is 0. The molecule has 0 bridgehead atoms. The van der Waals surface area contributed by atoms with E-state index in [1.165, 1.54) is 0 Å². The molecule has 2 N–H and O–H groups in total. The third-order valence-corrected chi connectivity index (χ3v) is 1.88. The van der Waals surface area contributed by atoms with Crippen molar-refractivity contribution in [2.75, 3.05) is 0 Å². The highest BCUT2D eigenvalue weighted by atomic mass is 35.5. The van der Waals surface area contributed by atoms with Gasteiger partial charge in [-0.15, -0.1) is 24.8 Å². The van der Waals surface area contributed by atoms with Crippen LogP contribution >= 0.6 is 24.8 Å². The molecule has 12 heavy (non-hydrogen) atoms. The minimum atomic E-state index is -0.108. The molecule has 1 saturated carbocycles. The van der Waals surface area contributed by atoms with Crippen LogP contribution in [0.2, 0.25) is 0 Å². The van der Waals surface area contributed by atoms with E-state index in [0.717, 1.165) is 18.5 Å². The maximum atomic E-state index is 5.88. The van der Waals surface area contributed by atoms with Crippen LogP contribution in [0.15, 0.2) is 18.6 Å². The second kappa shape index (κ2) is 4.03. The summed E-state index contributed by atoms with van der Waals surface area (Å²) in [6.07, 6.45) is 5.39. The van der Waals surface area contributed by atoms with Gasteiger partial charge in [-0.25, -0.2) is 9.97 Å². The zero-order chi connectivity index (χ0) is 7.03. The second-order valence-corrected chi connectivity index (χ2v) is 2.75. The lowest BCUT2D eigenvalue weighted by Gasteiger charge is -2.04. The summed E-state index contributed by atoms with van der Waals surface area (Å²) in [4.78, 5) is 7.90. The molecular weight excluding hydrogens is 197 g/mol. The van der Waals surface area contributed by atoms with Gasteiger partial charge >= 0.3 is 0 Å². The largest absolute Gasteiger partial charge is 0.320 e. The van der Waals surface area contributed by atoms with E-state index in [4.69, 9.17) is 5.73 Å². The first-order valence-corrected chi connectivity index (χ1v) is 3.37. The van der Waals surface area contributed by atoms with E-state index in [2.05, 4.69) is 9.97 Å². The molecule has 0 unspecified atom stereocenters. The fourth-order valence-corrected chi connectivity index (χ4v) is 0.976. The molecule has 68 valence electrons. The van der Waals surface area contributed by atoms with Crippen molar-refractivity contribution in [2.24, 2.45) is 5.73 Å². The molecule has 0 aliphatic heterocycles. The third kappa shape index (κ3) is 2.06. The average molecular weight is 208 g/mol. The Morgan fingerprint density at radius 3 is 2.42 bits per heavy atom. The maximum absolute atomic E-state index is 5.88. The Kier molecular flexibility index (Phi) is 3.90. The van der Waals surface area contributed by atoms with Gasteiger partial charge in [-0.3, -0.25) is 0 Å². The Bertz CT molecular complexity index is 236. The van der Waals surface area contributed by atoms with Crippen LogP contribution in [-0.4, -0.2) is 9.97 Å². The van der Waals surface area contributed by atoms with Gasteiger partial charge in [0.25, 0.3) is 0 Å². The predicted octanol–water partition coefficient (Wildman–Crippen LogP) is 1.27. The third-order valence-electron chi connectivity index (χ3n) is 1.88. The molecule has 1 aliphatic rings. The summed E-state index contributed by atoms with van der Waals surface area (Å²) in [5.74, 6) is 0. The van der Waals surface area contributed by atoms with Crippen LogP contribution in [0, 0.1) is 0 Å². The van der Waals surface area contributed by atoms with Crippen LogP contribution < -0.4 is 5.73 Å². The van der Waals surface area contributed by atoms with Crippen molar-refractivity contribution in [3.8, 4) is 0 Å². The molecule has 0 spiro atoms. The SMILES string of the molecule is Cl.Cl.NC1(c2ccncn2)CC1. The number of nitrogens with zero attached hydrogens (tertiary/aromatic N) is 2. The Morgan fingerprint density at radius 1 is 1.33 bits per heavy atom. The minimum absolute atomic E-state index is 0. The number of hydrogen-bond acceptors (Lipinski definition) is 3. The Hall–Kier alpha value is -0.380. The highest BCUT2D eigenvalue weighted by molar-refractivity contribution is 5.85. The molecule has 0 amide bonds. The molecule has 0 aromatic carbocycles. The lowest BCUT2D eigenvalue weighted by molar-refractivity contribution is 0.703. The van der Waals surface area contributed by atoms with Gasteiger partial charge < -0.3 is 5.73 Å². The van der Waals surface area contributed by atoms with Crippen molar-refractivity contribution in [3.63, 3.8) is 0 Å². The number of aromatic nitrogens is 2. The van der Waals surface area contributed by atoms with Crippen molar-refractivity contribution >= 4 is 24.8 Å². The molecule has 1 aromatic rings. The standard InChI is InChI=1S/C7H9N3.2ClH/c8-7(2-3-7)6-1-4-9-5-10-6;;/h1,4-5H,2-3,8H2;2*1H. The average Bonchev–Trinajstić information content (AvgIpc) is 2.72. The lowest BCUT2D eigenvalue weighted by atomic mass is 10.2. The summed E-state index contributed by atoms with van der Waals surface area (Å²) >= 11 is 0. The molecule has 0 atom stereocenters. The smallest absolute Gasteiger partial charge is 0.115 e. The highest BCUT2D eigenvalue weighted by Gasteiger charge is 2.41. The first-order valence-electron chi connectivity index (χ1n) is 3.37. The van der Waals surface area contributed by atoms with Gasteiger partial charge in [0.2, 0.25) is 0 Å². The number of nitrogens with two attached hydrogens (primary N) is 1. The van der Waals surface area contributed by atoms with E-state index in [1.54, 1.807) is 12.5 Å². The predicted molar refractivity (Wildman–Crippen MR) is 51.6 cm³/mol. The fourth-order valence-electron chi connectivity index (χ4n) is 0.976. The van der Waals surface area contributed by atoms with E-state index in [0.29, 0.717) is 0 Å². The van der Waals surface area contributed by atoms with Gasteiger partial charge in [-0.05, 0) is 18.9 Å². The van der Waals surface area contributed by atoms with Crippen molar-refractivity contribution in [3.05, 3.63) is 24.3 Å². The van der Waals surface area contributed by atoms with Crippen molar-refractivity contribution < 1.29 is 0 Å². The van der Waals surface area contributed by atoms with E-state index in [9.17, 15) is 0 Å². The van der Waals surface area contributed by atoms with Gasteiger partial charge in [0, 0.05) is 6.20 Å². The molecule has 1 aromatic heterocycles. The topological polar surface area (TPSA) is 51.8 Å². The van der Waals surface area contributed by atoms with Crippen LogP contribution in [0.5, 0.6) is 0 Å². The van der Waals surface area contributed by atoms with Crippen molar-refractivity contribution in [1.82, 2.24) is 9.97 Å². The number of hydrogen-bond donors (Lipinski definition) is 1. The monoisotopic (exact) mass is 207 g/mol. The molecule has 5 heteroatoms. The molecule has 2 rings (SSSR count). The summed E-state index contributed by atoms with van der Waals surface area (Å²) in [5.41, 5.74) is 6.74. The maximum Gasteiger partial charge on any atom is 0.115 e. The summed E-state index contributed by atoms with van der Waals surface area (Å²) in [6.45, 7) is 0. The lowest BCUT2D eigenvalue weighted by Crippen LogP contribution is -2.19. The zero-order valence-corrected chi connectivity index (χ0v) is 8.07. The first-order chi connectivity index (χ1) is 4.81. The van der Waals surface area contributed by atoms with Gasteiger partial charge in [-0.2, -0.15) is 0 Å². The fraction of sp³-hybridized carbons (Fsp3) is 0.429. The van der Waals surface area contributed by atoms with E-state index >= 15 is 0 Å². The Morgan fingerprint density at radius 2 is 2.00 bits per heavy atom. The summed E-state index contributed by atoms with van der Waals surface area (Å²) in [7, 11) is 0. The second-order valence-electron chi connectivity index (χ2n) is 2.75. The van der Waals surface area contributed by atoms with E-state index < -0.39 is 0 Å². The molecular formula is C7H11Cl2N3. The molecule has 1 aliphatic carbocycles. The van der Waals surface area contributed by atoms with Crippen LogP contribution in [0.1, 0.15) is 18.5 Å². The normalized spacial score (nSPS) is 17.1. The van der Waals surface area contributed by atoms with Gasteiger partial charge in [0.15, 0.2) is 0 Å². The van der Waals surface area contributed by atoms with Crippen LogP contribution in [0.3, 0.4) is 0 Å². The van der Waals surface area contributed by atoms with E-state index in [-0.39, 0.29) is 30.4 Å². The highest BCUT2D eigenvalue weighted by Crippen LogP contribution is 2.40. The Balaban J connectivity index is 0.000000605. The van der Waals surface area contributed by atoms with E-state index in [1.807, 2.05) is 6.07 Å². The minimum Gasteiger partial charge on any atom is -0.320 e. The zero-order valence-electron chi connectivity index (χ0n) is 6.43. The number of halogens is 2. The molecule has 0 saturated heterocycles. The van der Waals surface area contributed by atoms with Gasteiger partial charge in [0.1, 0.15) is 6.33 Å². The quantitative estimate of drug-likeness (QED) is 0.755. The molecule has 0 radical (unpaired) electrons. The van der Waals surface area contributed by atoms with Crippen molar-refractivity contribution in [1.29, 1.82) is 0 Å². The van der Waals surface area contributed by atoms with Gasteiger partial charge in [-0.1, -0.05) is 0 Å².